The fraction of sp³-hybridized carbons (Fsp3) is 0.333. The lowest BCUT2D eigenvalue weighted by Crippen LogP contribution is -2.34. The van der Waals surface area contributed by atoms with E-state index in [1.54, 1.807) is 18.2 Å². The van der Waals surface area contributed by atoms with Crippen molar-refractivity contribution in [3.63, 3.8) is 0 Å². The van der Waals surface area contributed by atoms with Gasteiger partial charge in [-0.3, -0.25) is 14.6 Å². The largest absolute Gasteiger partial charge is 0.506 e. The van der Waals surface area contributed by atoms with E-state index in [9.17, 15) is 14.7 Å². The Morgan fingerprint density at radius 2 is 1.94 bits per heavy atom. The number of phenolic OH excluding ortho intramolecular Hbond substituents is 1. The molecular formula is C12H14N2O3. The van der Waals surface area contributed by atoms with E-state index in [0.717, 1.165) is 4.90 Å². The first-order valence-electron chi connectivity index (χ1n) is 5.46. The van der Waals surface area contributed by atoms with Crippen LogP contribution in [0.5, 0.6) is 5.75 Å². The van der Waals surface area contributed by atoms with Crippen molar-refractivity contribution in [3.05, 3.63) is 24.3 Å². The van der Waals surface area contributed by atoms with E-state index >= 15 is 0 Å². The van der Waals surface area contributed by atoms with Crippen molar-refractivity contribution in [1.82, 2.24) is 4.90 Å². The molecule has 0 saturated carbocycles. The summed E-state index contributed by atoms with van der Waals surface area (Å²) >= 11 is 0. The molecule has 0 bridgehead atoms. The zero-order valence-electron chi connectivity index (χ0n) is 9.75. The molecule has 1 atom stereocenters. The van der Waals surface area contributed by atoms with Gasteiger partial charge >= 0.3 is 6.03 Å². The van der Waals surface area contributed by atoms with Crippen LogP contribution in [0.4, 0.5) is 10.5 Å². The van der Waals surface area contributed by atoms with E-state index in [2.05, 4.69) is 0 Å². The van der Waals surface area contributed by atoms with Gasteiger partial charge in [-0.15, -0.1) is 0 Å². The molecule has 1 aliphatic heterocycles. The van der Waals surface area contributed by atoms with Crippen molar-refractivity contribution in [3.8, 4) is 5.75 Å². The number of carbonyl (C=O) groups excluding carboxylic acids is 2. The number of rotatable bonds is 2. The lowest BCUT2D eigenvalue weighted by molar-refractivity contribution is -0.126. The van der Waals surface area contributed by atoms with Crippen LogP contribution >= 0.6 is 0 Å². The third kappa shape index (κ3) is 1.63. The minimum Gasteiger partial charge on any atom is -0.506 e. The number of para-hydroxylation sites is 2. The summed E-state index contributed by atoms with van der Waals surface area (Å²) in [5.74, 6) is -0.233. The summed E-state index contributed by atoms with van der Waals surface area (Å²) in [5.41, 5.74) is 0.377. The number of amides is 3. The molecule has 0 spiro atoms. The first kappa shape index (κ1) is 11.4. The topological polar surface area (TPSA) is 60.9 Å². The smallest absolute Gasteiger partial charge is 0.331 e. The Balaban J connectivity index is 2.47. The zero-order valence-corrected chi connectivity index (χ0v) is 9.75. The Hall–Kier alpha value is -2.04. The van der Waals surface area contributed by atoms with Crippen molar-refractivity contribution in [2.45, 2.75) is 19.4 Å². The summed E-state index contributed by atoms with van der Waals surface area (Å²) in [6.07, 6.45) is 0.517. The van der Waals surface area contributed by atoms with Crippen LogP contribution < -0.4 is 4.90 Å². The number of anilines is 1. The number of hydrogen-bond acceptors (Lipinski definition) is 3. The molecule has 1 unspecified atom stereocenters. The van der Waals surface area contributed by atoms with Crippen LogP contribution in [0.15, 0.2) is 24.3 Å². The molecule has 3 amide bonds. The maximum Gasteiger partial charge on any atom is 0.331 e. The standard InChI is InChI=1S/C12H14N2O3/c1-3-8-11(16)13(2)12(17)14(8)9-6-4-5-7-10(9)15/h4-8,15H,3H2,1-2H3. The molecule has 1 aromatic carbocycles. The predicted octanol–water partition coefficient (Wildman–Crippen LogP) is 1.57. The molecular weight excluding hydrogens is 220 g/mol. The highest BCUT2D eigenvalue weighted by atomic mass is 16.3. The van der Waals surface area contributed by atoms with Gasteiger partial charge < -0.3 is 5.11 Å². The van der Waals surface area contributed by atoms with Gasteiger partial charge in [0.05, 0.1) is 5.69 Å². The first-order chi connectivity index (χ1) is 8.07. The van der Waals surface area contributed by atoms with Gasteiger partial charge in [0.25, 0.3) is 5.91 Å². The summed E-state index contributed by atoms with van der Waals surface area (Å²) in [7, 11) is 1.45. The zero-order chi connectivity index (χ0) is 12.6. The van der Waals surface area contributed by atoms with Gasteiger partial charge in [-0.05, 0) is 18.6 Å². The van der Waals surface area contributed by atoms with E-state index < -0.39 is 12.1 Å². The molecule has 17 heavy (non-hydrogen) atoms. The average Bonchev–Trinajstić information content (AvgIpc) is 2.54. The van der Waals surface area contributed by atoms with Gasteiger partial charge in [0.2, 0.25) is 0 Å². The summed E-state index contributed by atoms with van der Waals surface area (Å²) in [6, 6.07) is 5.59. The second-order valence-corrected chi connectivity index (χ2v) is 3.96. The fourth-order valence-corrected chi connectivity index (χ4v) is 2.02. The quantitative estimate of drug-likeness (QED) is 0.790. The number of hydrogen-bond donors (Lipinski definition) is 1. The maximum atomic E-state index is 12.0. The molecule has 1 aromatic rings. The van der Waals surface area contributed by atoms with E-state index in [1.807, 2.05) is 6.92 Å². The molecule has 0 radical (unpaired) electrons. The van der Waals surface area contributed by atoms with Gasteiger partial charge in [0.15, 0.2) is 0 Å². The Bertz CT molecular complexity index is 473. The predicted molar refractivity (Wildman–Crippen MR) is 62.8 cm³/mol. The van der Waals surface area contributed by atoms with Crippen molar-refractivity contribution in [2.75, 3.05) is 11.9 Å². The van der Waals surface area contributed by atoms with Crippen LogP contribution in [0.1, 0.15) is 13.3 Å². The number of carbonyl (C=O) groups is 2. The molecule has 90 valence electrons. The van der Waals surface area contributed by atoms with Crippen LogP contribution in [0.25, 0.3) is 0 Å². The van der Waals surface area contributed by atoms with Crippen LogP contribution in [-0.2, 0) is 4.79 Å². The number of likely N-dealkylation sites (N-methyl/N-ethyl adjacent to an activating group) is 1. The molecule has 2 rings (SSSR count). The molecule has 0 aromatic heterocycles. The number of benzene rings is 1. The molecule has 5 nitrogen and oxygen atoms in total. The van der Waals surface area contributed by atoms with E-state index in [-0.39, 0.29) is 11.7 Å². The highest BCUT2D eigenvalue weighted by Gasteiger charge is 2.43. The van der Waals surface area contributed by atoms with Gasteiger partial charge in [0, 0.05) is 7.05 Å². The number of phenols is 1. The van der Waals surface area contributed by atoms with E-state index in [0.29, 0.717) is 12.1 Å². The molecule has 1 N–H and O–H groups in total. The van der Waals surface area contributed by atoms with Gasteiger partial charge in [-0.25, -0.2) is 4.79 Å². The fourth-order valence-electron chi connectivity index (χ4n) is 2.02. The Morgan fingerprint density at radius 3 is 2.53 bits per heavy atom. The number of urea groups is 1. The summed E-state index contributed by atoms with van der Waals surface area (Å²) in [5, 5.41) is 9.75. The molecule has 1 aliphatic rings. The lowest BCUT2D eigenvalue weighted by atomic mass is 10.1. The normalized spacial score (nSPS) is 20.2. The van der Waals surface area contributed by atoms with Crippen LogP contribution in [0, 0.1) is 0 Å². The third-order valence-electron chi connectivity index (χ3n) is 2.95. The van der Waals surface area contributed by atoms with Crippen LogP contribution in [0.3, 0.4) is 0 Å². The Kier molecular flexibility index (Phi) is 2.75. The minimum absolute atomic E-state index is 0.00222. The van der Waals surface area contributed by atoms with Crippen molar-refractivity contribution >= 4 is 17.6 Å². The number of imide groups is 1. The first-order valence-corrected chi connectivity index (χ1v) is 5.46. The summed E-state index contributed by atoms with van der Waals surface area (Å²) < 4.78 is 0. The van der Waals surface area contributed by atoms with E-state index in [1.165, 1.54) is 18.0 Å². The SMILES string of the molecule is CCC1C(=O)N(C)C(=O)N1c1ccccc1O. The number of nitrogens with zero attached hydrogens (tertiary/aromatic N) is 2. The second kappa shape index (κ2) is 4.08. The summed E-state index contributed by atoms with van der Waals surface area (Å²) in [6.45, 7) is 1.84. The van der Waals surface area contributed by atoms with Gasteiger partial charge in [-0.1, -0.05) is 19.1 Å². The Morgan fingerprint density at radius 1 is 1.29 bits per heavy atom. The van der Waals surface area contributed by atoms with Crippen LogP contribution in [0.2, 0.25) is 0 Å². The van der Waals surface area contributed by atoms with Crippen molar-refractivity contribution < 1.29 is 14.7 Å². The maximum absolute atomic E-state index is 12.0. The monoisotopic (exact) mass is 234 g/mol. The van der Waals surface area contributed by atoms with Crippen LogP contribution in [-0.4, -0.2) is 35.0 Å². The highest BCUT2D eigenvalue weighted by molar-refractivity contribution is 6.14. The second-order valence-electron chi connectivity index (χ2n) is 3.96. The summed E-state index contributed by atoms with van der Waals surface area (Å²) in [4.78, 5) is 26.2. The van der Waals surface area contributed by atoms with Gasteiger partial charge in [-0.2, -0.15) is 0 Å². The van der Waals surface area contributed by atoms with Crippen molar-refractivity contribution in [1.29, 1.82) is 0 Å². The minimum atomic E-state index is -0.527. The average molecular weight is 234 g/mol. The van der Waals surface area contributed by atoms with Crippen molar-refractivity contribution in [2.24, 2.45) is 0 Å². The molecule has 1 heterocycles. The lowest BCUT2D eigenvalue weighted by Gasteiger charge is -2.21. The van der Waals surface area contributed by atoms with Gasteiger partial charge in [0.1, 0.15) is 11.8 Å². The third-order valence-corrected chi connectivity index (χ3v) is 2.95. The highest BCUT2D eigenvalue weighted by Crippen LogP contribution is 2.33. The molecule has 1 fully saturated rings. The molecule has 5 heteroatoms. The molecule has 0 aliphatic carbocycles. The van der Waals surface area contributed by atoms with E-state index in [4.69, 9.17) is 0 Å². The Labute approximate surface area is 99.3 Å². The number of aromatic hydroxyl groups is 1. The molecule has 1 saturated heterocycles.